The fourth-order valence-electron chi connectivity index (χ4n) is 2.31. The van der Waals surface area contributed by atoms with Crippen LogP contribution in [0.3, 0.4) is 0 Å². The van der Waals surface area contributed by atoms with Crippen LogP contribution < -0.4 is 11.1 Å². The lowest BCUT2D eigenvalue weighted by molar-refractivity contribution is 0.265. The zero-order chi connectivity index (χ0) is 16.4. The summed E-state index contributed by atoms with van der Waals surface area (Å²) in [4.78, 5) is 9.70. The second-order valence-electron chi connectivity index (χ2n) is 5.25. The van der Waals surface area contributed by atoms with Crippen LogP contribution >= 0.6 is 22.9 Å². The van der Waals surface area contributed by atoms with E-state index in [2.05, 4.69) is 15.3 Å². The number of thiophene rings is 1. The number of nitrogens with two attached hydrogens (primary N) is 1. The summed E-state index contributed by atoms with van der Waals surface area (Å²) in [7, 11) is 0. The minimum absolute atomic E-state index is 0.0519. The summed E-state index contributed by atoms with van der Waals surface area (Å²) in [5.74, 6) is 1.48. The molecule has 0 radical (unpaired) electrons. The van der Waals surface area contributed by atoms with Crippen molar-refractivity contribution >= 4 is 39.0 Å². The molecule has 0 aliphatic carbocycles. The van der Waals surface area contributed by atoms with Crippen molar-refractivity contribution in [1.82, 2.24) is 9.97 Å². The molecule has 0 bridgehead atoms. The van der Waals surface area contributed by atoms with Crippen LogP contribution in [0.15, 0.2) is 22.8 Å². The summed E-state index contributed by atoms with van der Waals surface area (Å²) in [5.41, 5.74) is 7.70. The van der Waals surface area contributed by atoms with E-state index in [1.165, 1.54) is 0 Å². The van der Waals surface area contributed by atoms with Crippen LogP contribution in [-0.4, -0.2) is 27.7 Å². The molecule has 1 atom stereocenters. The Hall–Kier alpha value is -1.67. The third-order valence-electron chi connectivity index (χ3n) is 3.53. The summed E-state index contributed by atoms with van der Waals surface area (Å²) in [6.45, 7) is 2.44. The fraction of sp³-hybridized carbons (Fsp3) is 0.333. The molecule has 8 heteroatoms. The number of aliphatic hydroxyl groups excluding tert-OH is 1. The molecule has 0 spiro atoms. The molecule has 122 valence electrons. The van der Waals surface area contributed by atoms with Crippen molar-refractivity contribution in [2.45, 2.75) is 25.9 Å². The summed E-state index contributed by atoms with van der Waals surface area (Å²) in [6, 6.07) is 3.44. The van der Waals surface area contributed by atoms with Gasteiger partial charge in [-0.2, -0.15) is 4.98 Å². The Kier molecular flexibility index (Phi) is 4.82. The van der Waals surface area contributed by atoms with Gasteiger partial charge in [-0.25, -0.2) is 4.98 Å². The highest BCUT2D eigenvalue weighted by Crippen LogP contribution is 2.35. The molecule has 0 saturated heterocycles. The van der Waals surface area contributed by atoms with Gasteiger partial charge in [-0.1, -0.05) is 0 Å². The second-order valence-corrected chi connectivity index (χ2v) is 6.69. The van der Waals surface area contributed by atoms with Gasteiger partial charge in [-0.15, -0.1) is 11.3 Å². The normalized spacial score (nSPS) is 12.7. The maximum absolute atomic E-state index is 9.16. The maximum Gasteiger partial charge on any atom is 0.224 e. The number of rotatable bonds is 6. The van der Waals surface area contributed by atoms with Gasteiger partial charge >= 0.3 is 0 Å². The number of hydrogen-bond donors (Lipinski definition) is 3. The third-order valence-corrected chi connectivity index (χ3v) is 5.01. The Bertz CT molecular complexity index is 804. The highest BCUT2D eigenvalue weighted by Gasteiger charge is 2.17. The Labute approximate surface area is 142 Å². The Morgan fingerprint density at radius 3 is 3.00 bits per heavy atom. The van der Waals surface area contributed by atoms with E-state index >= 15 is 0 Å². The number of fused-ring (bicyclic) bond motifs is 1. The van der Waals surface area contributed by atoms with Crippen molar-refractivity contribution in [3.63, 3.8) is 0 Å². The number of aliphatic hydroxyl groups is 1. The van der Waals surface area contributed by atoms with Crippen molar-refractivity contribution in [1.29, 1.82) is 0 Å². The van der Waals surface area contributed by atoms with Crippen molar-refractivity contribution < 1.29 is 9.52 Å². The van der Waals surface area contributed by atoms with E-state index in [-0.39, 0.29) is 17.9 Å². The van der Waals surface area contributed by atoms with Crippen molar-refractivity contribution in [2.24, 2.45) is 5.73 Å². The van der Waals surface area contributed by atoms with Crippen LogP contribution in [0.25, 0.3) is 10.2 Å². The Morgan fingerprint density at radius 2 is 2.30 bits per heavy atom. The molecule has 4 N–H and O–H groups in total. The van der Waals surface area contributed by atoms with Gasteiger partial charge in [0.15, 0.2) is 0 Å². The summed E-state index contributed by atoms with van der Waals surface area (Å²) in [5, 5.41) is 12.6. The molecule has 0 aliphatic heterocycles. The highest BCUT2D eigenvalue weighted by molar-refractivity contribution is 7.19. The van der Waals surface area contributed by atoms with Crippen molar-refractivity contribution in [3.05, 3.63) is 39.9 Å². The minimum Gasteiger partial charge on any atom is -0.467 e. The van der Waals surface area contributed by atoms with E-state index in [0.29, 0.717) is 18.8 Å². The van der Waals surface area contributed by atoms with E-state index < -0.39 is 0 Å². The molecule has 1 unspecified atom stereocenters. The van der Waals surface area contributed by atoms with Crippen LogP contribution in [0.1, 0.15) is 16.2 Å². The molecule has 3 aromatic heterocycles. The topological polar surface area (TPSA) is 97.2 Å². The predicted octanol–water partition coefficient (Wildman–Crippen LogP) is 2.72. The zero-order valence-corrected chi connectivity index (χ0v) is 14.1. The summed E-state index contributed by atoms with van der Waals surface area (Å²) < 4.78 is 6.24. The molecule has 23 heavy (non-hydrogen) atoms. The van der Waals surface area contributed by atoms with Crippen LogP contribution in [0.4, 0.5) is 5.82 Å². The van der Waals surface area contributed by atoms with E-state index in [4.69, 9.17) is 26.9 Å². The maximum atomic E-state index is 9.16. The molecule has 0 aliphatic rings. The van der Waals surface area contributed by atoms with Gasteiger partial charge in [0, 0.05) is 10.9 Å². The first-order chi connectivity index (χ1) is 11.1. The lowest BCUT2D eigenvalue weighted by Gasteiger charge is -2.06. The lowest BCUT2D eigenvalue weighted by Crippen LogP contribution is -2.26. The zero-order valence-electron chi connectivity index (χ0n) is 12.5. The lowest BCUT2D eigenvalue weighted by atomic mass is 10.1. The third kappa shape index (κ3) is 3.48. The number of furan rings is 1. The first-order valence-electron chi connectivity index (χ1n) is 7.16. The van der Waals surface area contributed by atoms with Gasteiger partial charge in [-0.05, 0) is 42.6 Å². The van der Waals surface area contributed by atoms with Crippen LogP contribution in [-0.2, 0) is 13.0 Å². The number of anilines is 1. The number of nitrogens with zero attached hydrogens (tertiary/aromatic N) is 2. The first-order valence-corrected chi connectivity index (χ1v) is 8.36. The number of aromatic nitrogens is 2. The smallest absolute Gasteiger partial charge is 0.224 e. The molecule has 0 fully saturated rings. The molecule has 0 amide bonds. The van der Waals surface area contributed by atoms with Crippen LogP contribution in [0.2, 0.25) is 5.28 Å². The van der Waals surface area contributed by atoms with Gasteiger partial charge in [-0.3, -0.25) is 0 Å². The molecule has 3 aromatic rings. The van der Waals surface area contributed by atoms with E-state index in [9.17, 15) is 0 Å². The number of aryl methyl sites for hydroxylation is 1. The SMILES string of the molecule is Cc1c(CC(N)CO)sc2c(NCc3ccco3)nc(Cl)nc12. The molecule has 0 aromatic carbocycles. The first kappa shape index (κ1) is 16.2. The second kappa shape index (κ2) is 6.84. The van der Waals surface area contributed by atoms with Gasteiger partial charge in [0.05, 0.1) is 29.6 Å². The number of nitrogens with one attached hydrogen (secondary N) is 1. The molecule has 3 heterocycles. The quantitative estimate of drug-likeness (QED) is 0.590. The monoisotopic (exact) mass is 352 g/mol. The van der Waals surface area contributed by atoms with E-state index in [1.54, 1.807) is 17.6 Å². The summed E-state index contributed by atoms with van der Waals surface area (Å²) in [6.07, 6.45) is 2.22. The standard InChI is InChI=1S/C15H17ClN4O2S/c1-8-11(5-9(17)7-21)23-13-12(8)19-15(16)20-14(13)18-6-10-3-2-4-22-10/h2-4,9,21H,5-7,17H2,1H3,(H,18,19,20). The Morgan fingerprint density at radius 1 is 1.48 bits per heavy atom. The van der Waals surface area contributed by atoms with Crippen molar-refractivity contribution in [3.8, 4) is 0 Å². The highest BCUT2D eigenvalue weighted by atomic mass is 35.5. The molecule has 0 saturated carbocycles. The summed E-state index contributed by atoms with van der Waals surface area (Å²) >= 11 is 7.63. The van der Waals surface area contributed by atoms with Crippen molar-refractivity contribution in [2.75, 3.05) is 11.9 Å². The van der Waals surface area contributed by atoms with Gasteiger partial charge in [0.25, 0.3) is 0 Å². The largest absolute Gasteiger partial charge is 0.467 e. The molecule has 3 rings (SSSR count). The van der Waals surface area contributed by atoms with Gasteiger partial charge < -0.3 is 20.6 Å². The van der Waals surface area contributed by atoms with Crippen LogP contribution in [0.5, 0.6) is 0 Å². The Balaban J connectivity index is 1.95. The minimum atomic E-state index is -0.287. The van der Waals surface area contributed by atoms with E-state index in [1.807, 2.05) is 19.1 Å². The fourth-order valence-corrected chi connectivity index (χ4v) is 3.78. The molecular formula is C15H17ClN4O2S. The van der Waals surface area contributed by atoms with Gasteiger partial charge in [0.1, 0.15) is 11.6 Å². The average Bonchev–Trinajstić information content (AvgIpc) is 3.15. The number of hydrogen-bond acceptors (Lipinski definition) is 7. The predicted molar refractivity (Wildman–Crippen MR) is 92.0 cm³/mol. The average molecular weight is 353 g/mol. The van der Waals surface area contributed by atoms with Gasteiger partial charge in [0.2, 0.25) is 5.28 Å². The molecular weight excluding hydrogens is 336 g/mol. The number of halogens is 1. The van der Waals surface area contributed by atoms with Crippen LogP contribution in [0, 0.1) is 6.92 Å². The van der Waals surface area contributed by atoms with E-state index in [0.717, 1.165) is 26.4 Å². The molecule has 6 nitrogen and oxygen atoms in total.